The molecule has 0 aliphatic carbocycles. The molecule has 120 valence electrons. The van der Waals surface area contributed by atoms with Gasteiger partial charge in [-0.25, -0.2) is 4.79 Å². The Morgan fingerprint density at radius 1 is 1.45 bits per heavy atom. The van der Waals surface area contributed by atoms with Crippen LogP contribution in [0.4, 0.5) is 11.4 Å². The molecule has 0 atom stereocenters. The van der Waals surface area contributed by atoms with Crippen LogP contribution in [-0.4, -0.2) is 49.1 Å². The zero-order valence-electron chi connectivity index (χ0n) is 12.5. The SMILES string of the molecule is COC(=O)c1cc([N+](=O)[O-])c(NC2CCN(C)CC2)cc1Cl. The van der Waals surface area contributed by atoms with E-state index in [0.717, 1.165) is 32.0 Å². The number of nitrogens with one attached hydrogen (secondary N) is 1. The fourth-order valence-electron chi connectivity index (χ4n) is 2.47. The van der Waals surface area contributed by atoms with Gasteiger partial charge in [0.15, 0.2) is 0 Å². The Bertz CT molecular complexity index is 586. The molecule has 1 heterocycles. The van der Waals surface area contributed by atoms with Crippen molar-refractivity contribution in [1.82, 2.24) is 4.90 Å². The van der Waals surface area contributed by atoms with Gasteiger partial charge >= 0.3 is 5.97 Å². The second-order valence-electron chi connectivity index (χ2n) is 5.32. The first-order valence-corrected chi connectivity index (χ1v) is 7.31. The Labute approximate surface area is 133 Å². The number of rotatable bonds is 4. The predicted molar refractivity (Wildman–Crippen MR) is 83.6 cm³/mol. The molecule has 1 saturated heterocycles. The van der Waals surface area contributed by atoms with Gasteiger partial charge in [-0.2, -0.15) is 0 Å². The van der Waals surface area contributed by atoms with Crippen LogP contribution in [0.15, 0.2) is 12.1 Å². The highest BCUT2D eigenvalue weighted by molar-refractivity contribution is 6.34. The third-order valence-electron chi connectivity index (χ3n) is 3.77. The van der Waals surface area contributed by atoms with Crippen molar-refractivity contribution in [1.29, 1.82) is 0 Å². The summed E-state index contributed by atoms with van der Waals surface area (Å²) in [6.45, 7) is 1.86. The molecule has 0 bridgehead atoms. The van der Waals surface area contributed by atoms with E-state index in [4.69, 9.17) is 11.6 Å². The molecule has 8 heteroatoms. The minimum Gasteiger partial charge on any atom is -0.465 e. The third-order valence-corrected chi connectivity index (χ3v) is 4.08. The maximum atomic E-state index is 11.6. The number of methoxy groups -OCH3 is 1. The number of halogens is 1. The molecule has 22 heavy (non-hydrogen) atoms. The highest BCUT2D eigenvalue weighted by Gasteiger charge is 2.24. The number of nitro benzene ring substituents is 1. The summed E-state index contributed by atoms with van der Waals surface area (Å²) in [6.07, 6.45) is 1.79. The van der Waals surface area contributed by atoms with Gasteiger partial charge in [-0.05, 0) is 39.0 Å². The Balaban J connectivity index is 2.28. The van der Waals surface area contributed by atoms with E-state index in [9.17, 15) is 14.9 Å². The van der Waals surface area contributed by atoms with Crippen LogP contribution >= 0.6 is 11.6 Å². The van der Waals surface area contributed by atoms with Gasteiger partial charge in [0.1, 0.15) is 5.69 Å². The van der Waals surface area contributed by atoms with Crippen LogP contribution < -0.4 is 5.32 Å². The van der Waals surface area contributed by atoms with E-state index in [1.54, 1.807) is 0 Å². The van der Waals surface area contributed by atoms with Crippen molar-refractivity contribution in [3.05, 3.63) is 32.8 Å². The largest absolute Gasteiger partial charge is 0.465 e. The lowest BCUT2D eigenvalue weighted by Gasteiger charge is -2.30. The number of hydrogen-bond donors (Lipinski definition) is 1. The summed E-state index contributed by atoms with van der Waals surface area (Å²) in [4.78, 5) is 24.5. The van der Waals surface area contributed by atoms with E-state index in [1.807, 2.05) is 7.05 Å². The minimum absolute atomic E-state index is 0.00945. The van der Waals surface area contributed by atoms with Crippen molar-refractivity contribution in [3.8, 4) is 0 Å². The number of carbonyl (C=O) groups excluding carboxylic acids is 1. The lowest BCUT2D eigenvalue weighted by molar-refractivity contribution is -0.384. The molecular formula is C14H18ClN3O4. The zero-order valence-corrected chi connectivity index (χ0v) is 13.2. The lowest BCUT2D eigenvalue weighted by atomic mass is 10.0. The van der Waals surface area contributed by atoms with E-state index >= 15 is 0 Å². The summed E-state index contributed by atoms with van der Waals surface area (Å²) in [7, 11) is 3.25. The van der Waals surface area contributed by atoms with E-state index in [0.29, 0.717) is 5.69 Å². The monoisotopic (exact) mass is 327 g/mol. The number of hydrogen-bond acceptors (Lipinski definition) is 6. The number of carbonyl (C=O) groups is 1. The van der Waals surface area contributed by atoms with E-state index in [-0.39, 0.29) is 22.3 Å². The summed E-state index contributed by atoms with van der Waals surface area (Å²) in [5.41, 5.74) is 0.144. The van der Waals surface area contributed by atoms with Crippen molar-refractivity contribution in [3.63, 3.8) is 0 Å². The van der Waals surface area contributed by atoms with Crippen molar-refractivity contribution in [2.45, 2.75) is 18.9 Å². The Morgan fingerprint density at radius 2 is 2.09 bits per heavy atom. The number of esters is 1. The standard InChI is InChI=1S/C14H18ClN3O4/c1-17-5-3-9(4-6-17)16-12-8-11(15)10(14(19)22-2)7-13(12)18(20)21/h7-9,16H,3-6H2,1-2H3. The van der Waals surface area contributed by atoms with Gasteiger partial charge in [0.25, 0.3) is 5.69 Å². The molecule has 0 amide bonds. The maximum absolute atomic E-state index is 11.6. The van der Waals surface area contributed by atoms with Gasteiger partial charge in [-0.15, -0.1) is 0 Å². The van der Waals surface area contributed by atoms with Crippen LogP contribution in [0.2, 0.25) is 5.02 Å². The summed E-state index contributed by atoms with van der Waals surface area (Å²) < 4.78 is 4.58. The van der Waals surface area contributed by atoms with Gasteiger partial charge < -0.3 is 15.0 Å². The van der Waals surface area contributed by atoms with Gasteiger partial charge in [0.2, 0.25) is 0 Å². The number of nitro groups is 1. The highest BCUT2D eigenvalue weighted by Crippen LogP contribution is 2.33. The average molecular weight is 328 g/mol. The number of anilines is 1. The number of benzene rings is 1. The molecule has 0 radical (unpaired) electrons. The molecule has 1 N–H and O–H groups in total. The average Bonchev–Trinajstić information content (AvgIpc) is 2.48. The Hall–Kier alpha value is -1.86. The second kappa shape index (κ2) is 6.93. The maximum Gasteiger partial charge on any atom is 0.339 e. The summed E-state index contributed by atoms with van der Waals surface area (Å²) >= 11 is 6.05. The van der Waals surface area contributed by atoms with E-state index in [2.05, 4.69) is 15.0 Å². The minimum atomic E-state index is -0.695. The molecule has 1 aliphatic heterocycles. The van der Waals surface area contributed by atoms with E-state index in [1.165, 1.54) is 13.2 Å². The first-order chi connectivity index (χ1) is 10.4. The normalized spacial score (nSPS) is 16.3. The number of likely N-dealkylation sites (tertiary alicyclic amines) is 1. The van der Waals surface area contributed by atoms with Gasteiger partial charge in [-0.3, -0.25) is 10.1 Å². The summed E-state index contributed by atoms with van der Waals surface area (Å²) in [6, 6.07) is 2.73. The van der Waals surface area contributed by atoms with Gasteiger partial charge in [-0.1, -0.05) is 11.6 Å². The summed E-state index contributed by atoms with van der Waals surface area (Å²) in [5, 5.41) is 14.6. The summed E-state index contributed by atoms with van der Waals surface area (Å²) in [5.74, 6) is -0.695. The lowest BCUT2D eigenvalue weighted by Crippen LogP contribution is -2.36. The predicted octanol–water partition coefficient (Wildman–Crippen LogP) is 2.54. The Kier molecular flexibility index (Phi) is 5.20. The molecule has 0 aromatic heterocycles. The van der Waals surface area contributed by atoms with Crippen LogP contribution in [0, 0.1) is 10.1 Å². The molecule has 2 rings (SSSR count). The third kappa shape index (κ3) is 3.66. The molecule has 1 aromatic rings. The van der Waals surface area contributed by atoms with Gasteiger partial charge in [0, 0.05) is 12.1 Å². The smallest absolute Gasteiger partial charge is 0.339 e. The number of ether oxygens (including phenoxy) is 1. The van der Waals surface area contributed by atoms with Crippen molar-refractivity contribution < 1.29 is 14.5 Å². The van der Waals surface area contributed by atoms with E-state index < -0.39 is 10.9 Å². The van der Waals surface area contributed by atoms with Crippen LogP contribution in [0.25, 0.3) is 0 Å². The van der Waals surface area contributed by atoms with Crippen molar-refractivity contribution in [2.75, 3.05) is 32.6 Å². The number of piperidine rings is 1. The van der Waals surface area contributed by atoms with Gasteiger partial charge in [0.05, 0.1) is 22.6 Å². The molecule has 0 saturated carbocycles. The fraction of sp³-hybridized carbons (Fsp3) is 0.500. The zero-order chi connectivity index (χ0) is 16.3. The highest BCUT2D eigenvalue weighted by atomic mass is 35.5. The molecule has 1 aromatic carbocycles. The molecule has 7 nitrogen and oxygen atoms in total. The Morgan fingerprint density at radius 3 is 2.64 bits per heavy atom. The van der Waals surface area contributed by atoms with Crippen LogP contribution in [0.1, 0.15) is 23.2 Å². The van der Waals surface area contributed by atoms with Crippen molar-refractivity contribution in [2.24, 2.45) is 0 Å². The fourth-order valence-corrected chi connectivity index (χ4v) is 2.71. The first kappa shape index (κ1) is 16.5. The van der Waals surface area contributed by atoms with Crippen molar-refractivity contribution >= 4 is 28.9 Å². The molecule has 1 fully saturated rings. The van der Waals surface area contributed by atoms with Crippen LogP contribution in [0.5, 0.6) is 0 Å². The molecule has 1 aliphatic rings. The quantitative estimate of drug-likeness (QED) is 0.519. The molecular weight excluding hydrogens is 310 g/mol. The molecule has 0 unspecified atom stereocenters. The number of nitrogens with zero attached hydrogens (tertiary/aromatic N) is 2. The topological polar surface area (TPSA) is 84.7 Å². The van der Waals surface area contributed by atoms with Crippen LogP contribution in [0.3, 0.4) is 0 Å². The molecule has 0 spiro atoms. The van der Waals surface area contributed by atoms with Crippen LogP contribution in [-0.2, 0) is 4.74 Å². The first-order valence-electron chi connectivity index (χ1n) is 6.93. The second-order valence-corrected chi connectivity index (χ2v) is 5.73.